The fourth-order valence-electron chi connectivity index (χ4n) is 4.11. The topological polar surface area (TPSA) is 83.0 Å². The Labute approximate surface area is 172 Å². The van der Waals surface area contributed by atoms with Gasteiger partial charge < -0.3 is 10.5 Å². The van der Waals surface area contributed by atoms with Crippen LogP contribution in [0, 0.1) is 5.82 Å². The SMILES string of the molecule is Nc1c(C(=O)OC2CCCCC2)c2nc3ccccc3nc2n1-c1ccc(F)cc1. The van der Waals surface area contributed by atoms with Crippen LogP contribution in [0.3, 0.4) is 0 Å². The zero-order chi connectivity index (χ0) is 20.7. The summed E-state index contributed by atoms with van der Waals surface area (Å²) in [4.78, 5) is 22.5. The van der Waals surface area contributed by atoms with Gasteiger partial charge in [0.1, 0.15) is 28.8 Å². The Morgan fingerprint density at radius 3 is 2.37 bits per heavy atom. The number of carbonyl (C=O) groups excluding carboxylic acids is 1. The fourth-order valence-corrected chi connectivity index (χ4v) is 4.11. The molecule has 152 valence electrons. The molecule has 0 bridgehead atoms. The molecule has 0 atom stereocenters. The number of ether oxygens (including phenoxy) is 1. The molecule has 30 heavy (non-hydrogen) atoms. The van der Waals surface area contributed by atoms with Crippen molar-refractivity contribution in [3.63, 3.8) is 0 Å². The highest BCUT2D eigenvalue weighted by atomic mass is 19.1. The summed E-state index contributed by atoms with van der Waals surface area (Å²) in [6.07, 6.45) is 4.87. The van der Waals surface area contributed by atoms with E-state index < -0.39 is 5.97 Å². The number of nitrogen functional groups attached to an aromatic ring is 1. The van der Waals surface area contributed by atoms with Gasteiger partial charge in [-0.05, 0) is 62.1 Å². The molecular formula is C23H21FN4O2. The van der Waals surface area contributed by atoms with Gasteiger partial charge in [-0.1, -0.05) is 18.6 Å². The van der Waals surface area contributed by atoms with Crippen molar-refractivity contribution in [1.29, 1.82) is 0 Å². The number of para-hydroxylation sites is 2. The Morgan fingerprint density at radius 2 is 1.67 bits per heavy atom. The van der Waals surface area contributed by atoms with Crippen LogP contribution < -0.4 is 5.73 Å². The van der Waals surface area contributed by atoms with Gasteiger partial charge in [0.25, 0.3) is 0 Å². The van der Waals surface area contributed by atoms with E-state index in [0.29, 0.717) is 27.9 Å². The first kappa shape index (κ1) is 18.5. The number of benzene rings is 2. The van der Waals surface area contributed by atoms with Crippen LogP contribution in [0.2, 0.25) is 0 Å². The summed E-state index contributed by atoms with van der Waals surface area (Å²) in [6, 6.07) is 13.3. The fraction of sp³-hybridized carbons (Fsp3) is 0.261. The van der Waals surface area contributed by atoms with E-state index in [4.69, 9.17) is 15.5 Å². The minimum absolute atomic E-state index is 0.108. The molecule has 1 aliphatic rings. The molecule has 1 fully saturated rings. The third-order valence-electron chi connectivity index (χ3n) is 5.61. The lowest BCUT2D eigenvalue weighted by Gasteiger charge is -2.21. The van der Waals surface area contributed by atoms with Gasteiger partial charge in [-0.3, -0.25) is 4.57 Å². The van der Waals surface area contributed by atoms with Crippen molar-refractivity contribution < 1.29 is 13.9 Å². The normalized spacial score (nSPS) is 15.0. The highest BCUT2D eigenvalue weighted by molar-refractivity contribution is 6.09. The van der Waals surface area contributed by atoms with Crippen molar-refractivity contribution in [2.45, 2.75) is 38.2 Å². The summed E-state index contributed by atoms with van der Waals surface area (Å²) >= 11 is 0. The van der Waals surface area contributed by atoms with E-state index in [1.54, 1.807) is 16.7 Å². The molecule has 0 unspecified atom stereocenters. The van der Waals surface area contributed by atoms with Crippen LogP contribution >= 0.6 is 0 Å². The Hall–Kier alpha value is -3.48. The summed E-state index contributed by atoms with van der Waals surface area (Å²) in [5.74, 6) is -0.662. The van der Waals surface area contributed by atoms with Crippen LogP contribution in [0.4, 0.5) is 10.2 Å². The smallest absolute Gasteiger partial charge is 0.344 e. The molecule has 0 aliphatic heterocycles. The molecule has 2 heterocycles. The first-order chi connectivity index (χ1) is 14.6. The number of nitrogens with two attached hydrogens (primary N) is 1. The molecule has 0 amide bonds. The number of fused-ring (bicyclic) bond motifs is 2. The second-order valence-corrected chi connectivity index (χ2v) is 7.62. The van der Waals surface area contributed by atoms with Gasteiger partial charge in [0.05, 0.1) is 11.0 Å². The largest absolute Gasteiger partial charge is 0.459 e. The van der Waals surface area contributed by atoms with E-state index in [9.17, 15) is 9.18 Å². The molecule has 5 rings (SSSR count). The van der Waals surface area contributed by atoms with Gasteiger partial charge in [-0.25, -0.2) is 19.2 Å². The first-order valence-electron chi connectivity index (χ1n) is 10.2. The van der Waals surface area contributed by atoms with Gasteiger partial charge in [0, 0.05) is 5.69 Å². The van der Waals surface area contributed by atoms with Crippen LogP contribution in [0.5, 0.6) is 0 Å². The van der Waals surface area contributed by atoms with E-state index in [1.165, 1.54) is 12.1 Å². The number of hydrogen-bond donors (Lipinski definition) is 1. The first-order valence-corrected chi connectivity index (χ1v) is 10.2. The van der Waals surface area contributed by atoms with E-state index in [-0.39, 0.29) is 23.3 Å². The van der Waals surface area contributed by atoms with Gasteiger partial charge in [0.2, 0.25) is 0 Å². The van der Waals surface area contributed by atoms with E-state index >= 15 is 0 Å². The number of anilines is 1. The summed E-state index contributed by atoms with van der Waals surface area (Å²) in [5, 5.41) is 0. The molecular weight excluding hydrogens is 383 g/mol. The van der Waals surface area contributed by atoms with Gasteiger partial charge in [-0.15, -0.1) is 0 Å². The molecule has 7 heteroatoms. The molecule has 0 radical (unpaired) electrons. The van der Waals surface area contributed by atoms with Crippen LogP contribution in [-0.2, 0) is 4.74 Å². The highest BCUT2D eigenvalue weighted by Crippen LogP contribution is 2.32. The minimum atomic E-state index is -0.491. The van der Waals surface area contributed by atoms with Crippen molar-refractivity contribution in [3.8, 4) is 5.69 Å². The summed E-state index contributed by atoms with van der Waals surface area (Å²) < 4.78 is 20.9. The van der Waals surface area contributed by atoms with E-state index in [2.05, 4.69) is 4.98 Å². The van der Waals surface area contributed by atoms with Crippen LogP contribution in [0.25, 0.3) is 27.9 Å². The summed E-state index contributed by atoms with van der Waals surface area (Å²) in [6.45, 7) is 0. The maximum atomic E-state index is 13.5. The number of aromatic nitrogens is 3. The molecule has 1 aliphatic carbocycles. The monoisotopic (exact) mass is 404 g/mol. The summed E-state index contributed by atoms with van der Waals surface area (Å²) in [7, 11) is 0. The molecule has 1 saturated carbocycles. The van der Waals surface area contributed by atoms with Crippen LogP contribution in [-0.4, -0.2) is 26.6 Å². The molecule has 2 N–H and O–H groups in total. The van der Waals surface area contributed by atoms with Crippen molar-refractivity contribution in [1.82, 2.24) is 14.5 Å². The molecule has 2 aromatic heterocycles. The zero-order valence-corrected chi connectivity index (χ0v) is 16.3. The predicted molar refractivity (Wildman–Crippen MR) is 113 cm³/mol. The van der Waals surface area contributed by atoms with Gasteiger partial charge in [0.15, 0.2) is 5.65 Å². The lowest BCUT2D eigenvalue weighted by molar-refractivity contribution is 0.0214. The van der Waals surface area contributed by atoms with Crippen LogP contribution in [0.1, 0.15) is 42.5 Å². The van der Waals surface area contributed by atoms with Crippen LogP contribution in [0.15, 0.2) is 48.5 Å². The third-order valence-corrected chi connectivity index (χ3v) is 5.61. The number of rotatable bonds is 3. The minimum Gasteiger partial charge on any atom is -0.459 e. The second kappa shape index (κ2) is 7.40. The number of halogens is 1. The standard InChI is InChI=1S/C23H21FN4O2/c24-14-10-12-15(13-11-14)28-21(25)19(23(29)30-16-6-2-1-3-7-16)20-22(28)27-18-9-5-4-8-17(18)26-20/h4-5,8-13,16H,1-3,6-7,25H2. The molecule has 6 nitrogen and oxygen atoms in total. The Morgan fingerprint density at radius 1 is 1.00 bits per heavy atom. The number of carbonyl (C=O) groups is 1. The van der Waals surface area contributed by atoms with Crippen molar-refractivity contribution in [2.24, 2.45) is 0 Å². The quantitative estimate of drug-likeness (QED) is 0.497. The van der Waals surface area contributed by atoms with Gasteiger partial charge in [-0.2, -0.15) is 0 Å². The maximum absolute atomic E-state index is 13.5. The number of esters is 1. The highest BCUT2D eigenvalue weighted by Gasteiger charge is 2.28. The Bertz CT molecular complexity index is 1240. The predicted octanol–water partition coefficient (Wildman–Crippen LogP) is 4.78. The average Bonchev–Trinajstić information content (AvgIpc) is 3.04. The Kier molecular flexibility index (Phi) is 4.58. The molecule has 4 aromatic rings. The molecule has 2 aromatic carbocycles. The maximum Gasteiger partial charge on any atom is 0.344 e. The summed E-state index contributed by atoms with van der Waals surface area (Å²) in [5.41, 5.74) is 9.41. The second-order valence-electron chi connectivity index (χ2n) is 7.62. The molecule has 0 saturated heterocycles. The van der Waals surface area contributed by atoms with Crippen molar-refractivity contribution in [2.75, 3.05) is 5.73 Å². The zero-order valence-electron chi connectivity index (χ0n) is 16.3. The van der Waals surface area contributed by atoms with Crippen molar-refractivity contribution >= 4 is 34.0 Å². The van der Waals surface area contributed by atoms with Gasteiger partial charge >= 0.3 is 5.97 Å². The Balaban J connectivity index is 1.70. The van der Waals surface area contributed by atoms with Crippen molar-refractivity contribution in [3.05, 3.63) is 59.9 Å². The lowest BCUT2D eigenvalue weighted by atomic mass is 9.98. The lowest BCUT2D eigenvalue weighted by Crippen LogP contribution is -2.21. The third kappa shape index (κ3) is 3.16. The van der Waals surface area contributed by atoms with E-state index in [1.807, 2.05) is 24.3 Å². The molecule has 0 spiro atoms. The van der Waals surface area contributed by atoms with E-state index in [0.717, 1.165) is 32.1 Å². The number of hydrogen-bond acceptors (Lipinski definition) is 5. The number of nitrogens with zero attached hydrogens (tertiary/aromatic N) is 3. The average molecular weight is 404 g/mol.